The van der Waals surface area contributed by atoms with E-state index in [0.717, 1.165) is 38.5 Å². The van der Waals surface area contributed by atoms with E-state index in [-0.39, 0.29) is 11.1 Å². The standard InChI is InChI=1S/2C10H9F3O3/c2*1-6-3-4-7(16-10(11,12)13)5-8(6)9(14)15-2/h2*3-5H,1-2H3. The highest BCUT2D eigenvalue weighted by atomic mass is 19.4. The number of alkyl halides is 6. The van der Waals surface area contributed by atoms with Gasteiger partial charge in [0.25, 0.3) is 0 Å². The van der Waals surface area contributed by atoms with E-state index in [1.54, 1.807) is 13.8 Å². The van der Waals surface area contributed by atoms with Crippen LogP contribution in [0.4, 0.5) is 26.3 Å². The minimum atomic E-state index is -4.78. The Balaban J connectivity index is 0.000000320. The predicted octanol–water partition coefficient (Wildman–Crippen LogP) is 5.36. The largest absolute Gasteiger partial charge is 0.573 e. The third kappa shape index (κ3) is 8.74. The van der Waals surface area contributed by atoms with E-state index >= 15 is 0 Å². The first-order valence-corrected chi connectivity index (χ1v) is 8.56. The monoisotopic (exact) mass is 468 g/mol. The second-order valence-electron chi connectivity index (χ2n) is 6.03. The molecule has 0 aromatic heterocycles. The van der Waals surface area contributed by atoms with Crippen LogP contribution in [0.15, 0.2) is 36.4 Å². The Morgan fingerprint density at radius 2 is 0.969 bits per heavy atom. The lowest BCUT2D eigenvalue weighted by Gasteiger charge is -2.10. The Hall–Kier alpha value is -3.44. The van der Waals surface area contributed by atoms with E-state index in [2.05, 4.69) is 18.9 Å². The van der Waals surface area contributed by atoms with Crippen LogP contribution in [0.3, 0.4) is 0 Å². The zero-order valence-corrected chi connectivity index (χ0v) is 17.2. The molecule has 0 atom stereocenters. The van der Waals surface area contributed by atoms with Gasteiger partial charge in [-0.3, -0.25) is 0 Å². The highest BCUT2D eigenvalue weighted by molar-refractivity contribution is 5.91. The van der Waals surface area contributed by atoms with Gasteiger partial charge in [0.05, 0.1) is 25.3 Å². The van der Waals surface area contributed by atoms with E-state index in [4.69, 9.17) is 0 Å². The number of halogens is 6. The van der Waals surface area contributed by atoms with Crippen molar-refractivity contribution in [2.24, 2.45) is 0 Å². The highest BCUT2D eigenvalue weighted by Crippen LogP contribution is 2.26. The molecule has 2 rings (SSSR count). The number of rotatable bonds is 4. The van der Waals surface area contributed by atoms with Gasteiger partial charge in [0.2, 0.25) is 0 Å². The van der Waals surface area contributed by atoms with Gasteiger partial charge in [0.15, 0.2) is 0 Å². The molecule has 0 saturated heterocycles. The molecule has 0 aliphatic rings. The van der Waals surface area contributed by atoms with Crippen LogP contribution in [0, 0.1) is 13.8 Å². The lowest BCUT2D eigenvalue weighted by atomic mass is 10.1. The first kappa shape index (κ1) is 26.6. The normalized spacial score (nSPS) is 11.1. The van der Waals surface area contributed by atoms with Crippen molar-refractivity contribution >= 4 is 11.9 Å². The summed E-state index contributed by atoms with van der Waals surface area (Å²) in [5, 5.41) is 0. The molecular weight excluding hydrogens is 450 g/mol. The van der Waals surface area contributed by atoms with E-state index in [9.17, 15) is 35.9 Å². The number of carbonyl (C=O) groups is 2. The molecule has 12 heteroatoms. The lowest BCUT2D eigenvalue weighted by molar-refractivity contribution is -0.275. The molecule has 176 valence electrons. The van der Waals surface area contributed by atoms with Crippen LogP contribution in [0.5, 0.6) is 11.5 Å². The van der Waals surface area contributed by atoms with E-state index < -0.39 is 36.2 Å². The second kappa shape index (κ2) is 10.7. The second-order valence-corrected chi connectivity index (χ2v) is 6.03. The van der Waals surface area contributed by atoms with Crippen LogP contribution in [0.1, 0.15) is 31.8 Å². The van der Waals surface area contributed by atoms with Gasteiger partial charge in [-0.1, -0.05) is 12.1 Å². The van der Waals surface area contributed by atoms with Gasteiger partial charge in [-0.2, -0.15) is 0 Å². The van der Waals surface area contributed by atoms with E-state index in [0.29, 0.717) is 11.1 Å². The van der Waals surface area contributed by atoms with Gasteiger partial charge in [-0.15, -0.1) is 26.3 Å². The Bertz CT molecular complexity index is 875. The SMILES string of the molecule is COC(=O)c1cc(OC(F)(F)F)ccc1C.COC(=O)c1cc(OC(F)(F)F)ccc1C. The fourth-order valence-electron chi connectivity index (χ4n) is 2.26. The van der Waals surface area contributed by atoms with Gasteiger partial charge in [-0.05, 0) is 49.2 Å². The van der Waals surface area contributed by atoms with Crippen molar-refractivity contribution in [2.45, 2.75) is 26.6 Å². The van der Waals surface area contributed by atoms with Crippen LogP contribution in [-0.2, 0) is 9.47 Å². The summed E-state index contributed by atoms with van der Waals surface area (Å²) in [5.41, 5.74) is 1.12. The first-order chi connectivity index (χ1) is 14.7. The molecule has 0 unspecified atom stereocenters. The zero-order valence-electron chi connectivity index (χ0n) is 17.2. The number of carbonyl (C=O) groups excluding carboxylic acids is 2. The zero-order chi connectivity index (χ0) is 24.7. The molecule has 0 radical (unpaired) electrons. The lowest BCUT2D eigenvalue weighted by Crippen LogP contribution is -2.17. The molecule has 0 spiro atoms. The Labute approximate surface area is 178 Å². The fourth-order valence-corrected chi connectivity index (χ4v) is 2.26. The molecule has 0 saturated carbocycles. The van der Waals surface area contributed by atoms with Gasteiger partial charge in [-0.25, -0.2) is 9.59 Å². The van der Waals surface area contributed by atoms with Gasteiger partial charge in [0, 0.05) is 0 Å². The summed E-state index contributed by atoms with van der Waals surface area (Å²) in [4.78, 5) is 22.4. The van der Waals surface area contributed by atoms with E-state index in [1.165, 1.54) is 12.1 Å². The third-order valence-corrected chi connectivity index (χ3v) is 3.70. The molecule has 0 fully saturated rings. The maximum atomic E-state index is 11.9. The molecule has 0 heterocycles. The van der Waals surface area contributed by atoms with Crippen LogP contribution in [0.25, 0.3) is 0 Å². The Morgan fingerprint density at radius 1 is 0.656 bits per heavy atom. The number of benzene rings is 2. The van der Waals surface area contributed by atoms with Crippen LogP contribution in [-0.4, -0.2) is 38.9 Å². The molecule has 32 heavy (non-hydrogen) atoms. The predicted molar refractivity (Wildman–Crippen MR) is 98.4 cm³/mol. The van der Waals surface area contributed by atoms with Crippen molar-refractivity contribution in [2.75, 3.05) is 14.2 Å². The molecular formula is C20H18F6O6. The molecule has 0 amide bonds. The molecule has 0 bridgehead atoms. The van der Waals surface area contributed by atoms with Crippen molar-refractivity contribution in [3.8, 4) is 11.5 Å². The molecule has 2 aromatic rings. The summed E-state index contributed by atoms with van der Waals surface area (Å²) in [7, 11) is 2.30. The number of hydrogen-bond donors (Lipinski definition) is 0. The van der Waals surface area contributed by atoms with E-state index in [1.807, 2.05) is 0 Å². The quantitative estimate of drug-likeness (QED) is 0.445. The van der Waals surface area contributed by atoms with Gasteiger partial charge >= 0.3 is 24.7 Å². The summed E-state index contributed by atoms with van der Waals surface area (Å²) < 4.78 is 87.7. The number of ether oxygens (including phenoxy) is 4. The van der Waals surface area contributed by atoms with Crippen molar-refractivity contribution in [3.63, 3.8) is 0 Å². The highest BCUT2D eigenvalue weighted by Gasteiger charge is 2.32. The average Bonchev–Trinajstić information content (AvgIpc) is 2.68. The smallest absolute Gasteiger partial charge is 0.465 e. The summed E-state index contributed by atoms with van der Waals surface area (Å²) in [6, 6.07) is 6.97. The maximum Gasteiger partial charge on any atom is 0.573 e. The van der Waals surface area contributed by atoms with Crippen molar-refractivity contribution in [1.29, 1.82) is 0 Å². The van der Waals surface area contributed by atoms with Gasteiger partial charge in [0.1, 0.15) is 11.5 Å². The average molecular weight is 468 g/mol. The minimum absolute atomic E-state index is 0.0456. The van der Waals surface area contributed by atoms with Crippen molar-refractivity contribution in [3.05, 3.63) is 58.7 Å². The minimum Gasteiger partial charge on any atom is -0.465 e. The summed E-state index contributed by atoms with van der Waals surface area (Å²) in [5.74, 6) is -2.30. The van der Waals surface area contributed by atoms with Crippen molar-refractivity contribution in [1.82, 2.24) is 0 Å². The Morgan fingerprint density at radius 3 is 1.22 bits per heavy atom. The Kier molecular flexibility index (Phi) is 8.92. The molecule has 0 aliphatic carbocycles. The summed E-state index contributed by atoms with van der Waals surface area (Å²) in [6.45, 7) is 3.17. The summed E-state index contributed by atoms with van der Waals surface area (Å²) in [6.07, 6.45) is -9.55. The maximum absolute atomic E-state index is 11.9. The number of esters is 2. The molecule has 0 aliphatic heterocycles. The van der Waals surface area contributed by atoms with Gasteiger partial charge < -0.3 is 18.9 Å². The number of hydrogen-bond acceptors (Lipinski definition) is 6. The van der Waals surface area contributed by atoms with Crippen LogP contribution in [0.2, 0.25) is 0 Å². The molecule has 2 aromatic carbocycles. The number of aryl methyl sites for hydroxylation is 2. The molecule has 0 N–H and O–H groups in total. The molecule has 6 nitrogen and oxygen atoms in total. The summed E-state index contributed by atoms with van der Waals surface area (Å²) >= 11 is 0. The van der Waals surface area contributed by atoms with Crippen molar-refractivity contribution < 1.29 is 54.9 Å². The number of methoxy groups -OCH3 is 2. The third-order valence-electron chi connectivity index (χ3n) is 3.70. The topological polar surface area (TPSA) is 71.1 Å². The fraction of sp³-hybridized carbons (Fsp3) is 0.300. The van der Waals surface area contributed by atoms with Crippen LogP contribution >= 0.6 is 0 Å². The van der Waals surface area contributed by atoms with Crippen LogP contribution < -0.4 is 9.47 Å². The first-order valence-electron chi connectivity index (χ1n) is 8.56.